The Labute approximate surface area is 305 Å². The Morgan fingerprint density at radius 2 is 0.808 bits per heavy atom. The molecule has 0 spiro atoms. The zero-order valence-corrected chi connectivity index (χ0v) is 30.7. The zero-order chi connectivity index (χ0) is 36.8. The molecule has 8 nitrogen and oxygen atoms in total. The van der Waals surface area contributed by atoms with E-state index in [1.807, 2.05) is 48.5 Å². The third-order valence-electron chi connectivity index (χ3n) is 11.1. The monoisotopic (exact) mass is 698 g/mol. The number of fused-ring (bicyclic) bond motifs is 4. The summed E-state index contributed by atoms with van der Waals surface area (Å²) >= 11 is 0. The maximum atomic E-state index is 15.1. The van der Waals surface area contributed by atoms with Crippen molar-refractivity contribution in [1.29, 1.82) is 0 Å². The lowest BCUT2D eigenvalue weighted by molar-refractivity contribution is -0.535. The normalized spacial score (nSPS) is 18.7. The summed E-state index contributed by atoms with van der Waals surface area (Å²) in [5, 5.41) is 58.9. The summed E-state index contributed by atoms with van der Waals surface area (Å²) in [4.78, 5) is 4.65. The number of phenolic OH excluding ortho intramolecular Hbond substituents is 2. The first-order chi connectivity index (χ1) is 25.2. The van der Waals surface area contributed by atoms with Crippen LogP contribution in [-0.4, -0.2) is 48.6 Å². The summed E-state index contributed by atoms with van der Waals surface area (Å²) in [5.41, 5.74) is 17.6. The topological polar surface area (TPSA) is 145 Å². The van der Waals surface area contributed by atoms with E-state index in [1.54, 1.807) is 24.3 Å². The third kappa shape index (κ3) is 5.42. The number of aromatic hydroxyl groups is 2. The lowest BCUT2D eigenvalue weighted by Crippen LogP contribution is -2.63. The molecule has 6 aromatic carbocycles. The Balaban J connectivity index is 1.50. The van der Waals surface area contributed by atoms with Gasteiger partial charge in [-0.15, -0.1) is 12.2 Å². The van der Waals surface area contributed by atoms with Crippen molar-refractivity contribution in [1.82, 2.24) is 0 Å². The van der Waals surface area contributed by atoms with Gasteiger partial charge in [0.2, 0.25) is 0 Å². The van der Waals surface area contributed by atoms with Gasteiger partial charge < -0.3 is 41.7 Å². The summed E-state index contributed by atoms with van der Waals surface area (Å²) in [6, 6.07) is 22.3. The molecular weight excluding hydrogens is 649 g/mol. The Hall–Kier alpha value is -4.92. The average molecular weight is 699 g/mol. The highest BCUT2D eigenvalue weighted by Gasteiger charge is 2.43. The number of rotatable bonds is 12. The second-order valence-corrected chi connectivity index (χ2v) is 14.4. The van der Waals surface area contributed by atoms with Crippen LogP contribution in [0.2, 0.25) is 0 Å². The third-order valence-corrected chi connectivity index (χ3v) is 11.1. The number of benzene rings is 6. The summed E-state index contributed by atoms with van der Waals surface area (Å²) in [7, 11) is 0. The number of hydrogen-bond acceptors (Lipinski definition) is 8. The maximum Gasteiger partial charge on any atom is 0.123 e. The molecule has 7 rings (SSSR count). The summed E-state index contributed by atoms with van der Waals surface area (Å²) in [6.07, 6.45) is 0.888. The molecule has 0 heterocycles. The van der Waals surface area contributed by atoms with Crippen molar-refractivity contribution in [2.24, 2.45) is 0 Å². The van der Waals surface area contributed by atoms with Crippen molar-refractivity contribution in [2.75, 3.05) is 47.4 Å². The molecule has 6 N–H and O–H groups in total. The van der Waals surface area contributed by atoms with Crippen LogP contribution in [0.5, 0.6) is 11.5 Å². The van der Waals surface area contributed by atoms with Gasteiger partial charge in [0.05, 0.1) is 11.4 Å². The molecule has 6 aromatic rings. The summed E-state index contributed by atoms with van der Waals surface area (Å²) in [6.45, 7) is 11.8. The van der Waals surface area contributed by atoms with E-state index < -0.39 is 24.0 Å². The van der Waals surface area contributed by atoms with Crippen LogP contribution in [0.25, 0.3) is 43.1 Å². The number of phenols is 2. The molecule has 0 saturated heterocycles. The first-order valence-electron chi connectivity index (χ1n) is 18.9. The van der Waals surface area contributed by atoms with Crippen molar-refractivity contribution < 1.29 is 20.4 Å². The number of nitrogens with two attached hydrogens (primary N) is 2. The van der Waals surface area contributed by atoms with Crippen molar-refractivity contribution in [3.63, 3.8) is 0 Å². The quantitative estimate of drug-likeness (QED) is 0.0761. The number of hydrogen-bond donors (Lipinski definition) is 4. The molecule has 2 atom stereocenters. The average Bonchev–Trinajstić information content (AvgIpc) is 3.12. The lowest BCUT2D eigenvalue weighted by Gasteiger charge is -2.62. The van der Waals surface area contributed by atoms with Gasteiger partial charge in [-0.2, -0.15) is 0 Å². The van der Waals surface area contributed by atoms with Crippen LogP contribution in [0.1, 0.15) is 76.3 Å². The van der Waals surface area contributed by atoms with Crippen molar-refractivity contribution in [2.45, 2.75) is 77.4 Å². The van der Waals surface area contributed by atoms with Crippen molar-refractivity contribution >= 4 is 65.8 Å². The Kier molecular flexibility index (Phi) is 9.72. The molecule has 52 heavy (non-hydrogen) atoms. The van der Waals surface area contributed by atoms with Crippen LogP contribution in [0.3, 0.4) is 0 Å². The molecule has 0 aliphatic heterocycles. The highest BCUT2D eigenvalue weighted by molar-refractivity contribution is 6.21. The lowest BCUT2D eigenvalue weighted by atomic mass is 9.60. The van der Waals surface area contributed by atoms with Gasteiger partial charge >= 0.3 is 0 Å². The van der Waals surface area contributed by atoms with E-state index in [4.69, 9.17) is 11.5 Å². The molecule has 8 heteroatoms. The zero-order valence-electron chi connectivity index (χ0n) is 30.7. The maximum absolute atomic E-state index is 15.1. The van der Waals surface area contributed by atoms with E-state index in [0.717, 1.165) is 84.8 Å². The van der Waals surface area contributed by atoms with Crippen molar-refractivity contribution in [3.8, 4) is 11.5 Å². The van der Waals surface area contributed by atoms with E-state index in [0.29, 0.717) is 44.0 Å². The minimum Gasteiger partial charge on any atom is -0.851 e. The predicted octanol–water partition coefficient (Wildman–Crippen LogP) is 7.47. The molecule has 1 saturated carbocycles. The molecule has 272 valence electrons. The minimum absolute atomic E-state index is 0.0182. The van der Waals surface area contributed by atoms with Gasteiger partial charge in [0, 0.05) is 80.6 Å². The van der Waals surface area contributed by atoms with E-state index >= 15 is 10.2 Å². The minimum atomic E-state index is -1.40. The summed E-state index contributed by atoms with van der Waals surface area (Å²) in [5.74, 6) is -2.05. The number of nitrogens with zero attached hydrogens (tertiary/aromatic N) is 2. The predicted molar refractivity (Wildman–Crippen MR) is 214 cm³/mol. The fraction of sp³-hybridized carbons (Fsp3) is 0.364. The molecule has 1 aliphatic rings. The first-order valence-corrected chi connectivity index (χ1v) is 18.9. The SMILES string of the molecule is CCCN(CCC)c1c2cccc(N)c2c(C2C([O-])C(c3c4c(O)cccc4c(N(CCC)CCC)c4cccc(O)c34)C2[O-])c2c(N)cccc12. The molecule has 1 aliphatic carbocycles. The van der Waals surface area contributed by atoms with Gasteiger partial charge in [0.1, 0.15) is 11.5 Å². The number of anilines is 4. The standard InChI is InChI=1S/C44H50N4O4/c1-5-21-47(22-6-2)41-25-13-9-17-29(45)33(25)37(34-26(41)14-10-18-30(34)46)39-43(51)40(44(39)52)38-35-27(15-11-19-31(35)49)42(48(23-7-3)24-8-4)28-16-12-20-32(50)36(28)38/h9-20,39-40,43-44,49-50H,5-8,21-24,45-46H2,1-4H3/q-2. The molecule has 0 bridgehead atoms. The second kappa shape index (κ2) is 14.2. The van der Waals surface area contributed by atoms with Gasteiger partial charge in [-0.25, -0.2) is 0 Å². The van der Waals surface area contributed by atoms with Crippen LogP contribution >= 0.6 is 0 Å². The Morgan fingerprint density at radius 1 is 0.500 bits per heavy atom. The van der Waals surface area contributed by atoms with Gasteiger partial charge in [-0.05, 0) is 72.9 Å². The molecule has 0 amide bonds. The van der Waals surface area contributed by atoms with E-state index in [-0.39, 0.29) is 11.5 Å². The smallest absolute Gasteiger partial charge is 0.123 e. The van der Waals surface area contributed by atoms with E-state index in [2.05, 4.69) is 37.5 Å². The van der Waals surface area contributed by atoms with Crippen LogP contribution in [-0.2, 0) is 0 Å². The van der Waals surface area contributed by atoms with Crippen LogP contribution < -0.4 is 31.5 Å². The highest BCUT2D eigenvalue weighted by atomic mass is 16.3. The number of nitrogen functional groups attached to an aromatic ring is 2. The second-order valence-electron chi connectivity index (χ2n) is 14.4. The highest BCUT2D eigenvalue weighted by Crippen LogP contribution is 2.57. The Bertz CT molecular complexity index is 1980. The van der Waals surface area contributed by atoms with Crippen LogP contribution in [0.4, 0.5) is 22.7 Å². The van der Waals surface area contributed by atoms with Gasteiger partial charge in [-0.1, -0.05) is 76.2 Å². The van der Waals surface area contributed by atoms with Gasteiger partial charge in [0.15, 0.2) is 0 Å². The fourth-order valence-corrected chi connectivity index (χ4v) is 9.15. The molecular formula is C44H50N4O4-2. The van der Waals surface area contributed by atoms with Crippen LogP contribution in [0, 0.1) is 0 Å². The van der Waals surface area contributed by atoms with Gasteiger partial charge in [0.25, 0.3) is 0 Å². The largest absolute Gasteiger partial charge is 0.851 e. The summed E-state index contributed by atoms with van der Waals surface area (Å²) < 4.78 is 0. The fourth-order valence-electron chi connectivity index (χ4n) is 9.15. The van der Waals surface area contributed by atoms with E-state index in [1.165, 1.54) is 0 Å². The Morgan fingerprint density at radius 3 is 1.15 bits per heavy atom. The molecule has 2 unspecified atom stereocenters. The van der Waals surface area contributed by atoms with Crippen molar-refractivity contribution in [3.05, 3.63) is 83.9 Å². The van der Waals surface area contributed by atoms with E-state index in [9.17, 15) is 10.2 Å². The molecule has 1 fully saturated rings. The molecule has 0 aromatic heterocycles. The first kappa shape index (κ1) is 35.5. The van der Waals surface area contributed by atoms with Gasteiger partial charge in [-0.3, -0.25) is 0 Å². The van der Waals surface area contributed by atoms with Crippen LogP contribution in [0.15, 0.2) is 72.8 Å². The molecule has 0 radical (unpaired) electrons.